The fourth-order valence-electron chi connectivity index (χ4n) is 7.45. The molecule has 0 amide bonds. The molecule has 0 unspecified atom stereocenters. The highest BCUT2D eigenvalue weighted by atomic mass is 32.1. The standard InChI is InChI=1S/C50H32N2S/c1-3-13-33(14-4-1)34-25-27-35(28-26-34)38-29-39(42-21-12-22-44-43-20-9-10-24-48(43)53-49(42)44)31-40(30-38)47-32-46(37-16-5-2-6-17-37)51-50(52-47)45-23-11-18-36-15-7-8-19-41(36)45/h1-32H. The van der Waals surface area contributed by atoms with E-state index in [1.54, 1.807) is 0 Å². The molecule has 0 aliphatic heterocycles. The van der Waals surface area contributed by atoms with Crippen molar-refractivity contribution in [2.75, 3.05) is 0 Å². The fraction of sp³-hybridized carbons (Fsp3) is 0. The van der Waals surface area contributed by atoms with E-state index in [9.17, 15) is 0 Å². The summed E-state index contributed by atoms with van der Waals surface area (Å²) >= 11 is 1.86. The number of hydrogen-bond acceptors (Lipinski definition) is 3. The van der Waals surface area contributed by atoms with E-state index < -0.39 is 0 Å². The van der Waals surface area contributed by atoms with Crippen molar-refractivity contribution < 1.29 is 0 Å². The summed E-state index contributed by atoms with van der Waals surface area (Å²) in [5.41, 5.74) is 12.0. The highest BCUT2D eigenvalue weighted by Crippen LogP contribution is 2.42. The first kappa shape index (κ1) is 31.1. The third-order valence-electron chi connectivity index (χ3n) is 10.1. The summed E-state index contributed by atoms with van der Waals surface area (Å²) in [5, 5.41) is 4.88. The number of fused-ring (bicyclic) bond motifs is 4. The zero-order valence-electron chi connectivity index (χ0n) is 28.8. The molecule has 0 N–H and O–H groups in total. The van der Waals surface area contributed by atoms with Crippen molar-refractivity contribution in [3.05, 3.63) is 194 Å². The van der Waals surface area contributed by atoms with Crippen LogP contribution in [0.5, 0.6) is 0 Å². The van der Waals surface area contributed by atoms with Crippen LogP contribution in [0.15, 0.2) is 194 Å². The fourth-order valence-corrected chi connectivity index (χ4v) is 8.69. The largest absolute Gasteiger partial charge is 0.228 e. The van der Waals surface area contributed by atoms with E-state index in [0.29, 0.717) is 5.82 Å². The van der Waals surface area contributed by atoms with Crippen molar-refractivity contribution in [2.45, 2.75) is 0 Å². The summed E-state index contributed by atoms with van der Waals surface area (Å²) in [6.07, 6.45) is 0. The van der Waals surface area contributed by atoms with E-state index in [1.165, 1.54) is 42.2 Å². The average molecular weight is 693 g/mol. The van der Waals surface area contributed by atoms with Gasteiger partial charge in [-0.1, -0.05) is 164 Å². The van der Waals surface area contributed by atoms with Crippen LogP contribution >= 0.6 is 11.3 Å². The third-order valence-corrected chi connectivity index (χ3v) is 11.3. The normalized spacial score (nSPS) is 11.4. The molecule has 0 fully saturated rings. The quantitative estimate of drug-likeness (QED) is 0.173. The molecule has 2 heterocycles. The second-order valence-corrected chi connectivity index (χ2v) is 14.4. The molecule has 0 spiro atoms. The predicted molar refractivity (Wildman–Crippen MR) is 225 cm³/mol. The monoisotopic (exact) mass is 692 g/mol. The Morgan fingerprint density at radius 2 is 0.849 bits per heavy atom. The molecule has 0 saturated carbocycles. The van der Waals surface area contributed by atoms with Gasteiger partial charge >= 0.3 is 0 Å². The van der Waals surface area contributed by atoms with Crippen LogP contribution in [0.4, 0.5) is 0 Å². The summed E-state index contributed by atoms with van der Waals surface area (Å²) in [6.45, 7) is 0. The Morgan fingerprint density at radius 1 is 0.321 bits per heavy atom. The lowest BCUT2D eigenvalue weighted by Crippen LogP contribution is -1.97. The molecule has 2 nitrogen and oxygen atoms in total. The van der Waals surface area contributed by atoms with Crippen molar-refractivity contribution in [1.82, 2.24) is 9.97 Å². The minimum Gasteiger partial charge on any atom is -0.228 e. The Kier molecular flexibility index (Phi) is 7.71. The summed E-state index contributed by atoms with van der Waals surface area (Å²) in [4.78, 5) is 10.6. The van der Waals surface area contributed by atoms with Crippen LogP contribution in [-0.4, -0.2) is 9.97 Å². The molecule has 0 atom stereocenters. The molecular weight excluding hydrogens is 661 g/mol. The first-order valence-electron chi connectivity index (χ1n) is 17.9. The van der Waals surface area contributed by atoms with Crippen molar-refractivity contribution in [1.29, 1.82) is 0 Å². The second kappa shape index (κ2) is 13.1. The first-order valence-corrected chi connectivity index (χ1v) is 18.7. The minimum absolute atomic E-state index is 0.712. The Bertz CT molecular complexity index is 2920. The molecule has 0 radical (unpaired) electrons. The topological polar surface area (TPSA) is 25.8 Å². The Balaban J connectivity index is 1.21. The van der Waals surface area contributed by atoms with E-state index in [1.807, 2.05) is 17.4 Å². The van der Waals surface area contributed by atoms with Gasteiger partial charge in [0.1, 0.15) is 0 Å². The smallest absolute Gasteiger partial charge is 0.161 e. The van der Waals surface area contributed by atoms with Crippen LogP contribution < -0.4 is 0 Å². The van der Waals surface area contributed by atoms with Crippen LogP contribution in [0.2, 0.25) is 0 Å². The number of thiophene rings is 1. The molecule has 10 rings (SSSR count). The van der Waals surface area contributed by atoms with E-state index in [2.05, 4.69) is 188 Å². The average Bonchev–Trinajstić information content (AvgIpc) is 3.63. The number of aromatic nitrogens is 2. The van der Waals surface area contributed by atoms with Gasteiger partial charge in [-0.25, -0.2) is 9.97 Å². The van der Waals surface area contributed by atoms with E-state index in [0.717, 1.165) is 50.2 Å². The van der Waals surface area contributed by atoms with Gasteiger partial charge in [0.15, 0.2) is 5.82 Å². The highest BCUT2D eigenvalue weighted by molar-refractivity contribution is 7.26. The molecule has 0 aliphatic rings. The predicted octanol–water partition coefficient (Wildman–Crippen LogP) is 14.0. The number of benzene rings is 8. The molecule has 8 aromatic carbocycles. The van der Waals surface area contributed by atoms with Crippen molar-refractivity contribution >= 4 is 42.3 Å². The zero-order valence-corrected chi connectivity index (χ0v) is 29.6. The molecule has 0 aliphatic carbocycles. The second-order valence-electron chi connectivity index (χ2n) is 13.4. The van der Waals surface area contributed by atoms with Crippen molar-refractivity contribution in [2.24, 2.45) is 0 Å². The molecule has 10 aromatic rings. The number of hydrogen-bond donors (Lipinski definition) is 0. The van der Waals surface area contributed by atoms with Gasteiger partial charge in [0.25, 0.3) is 0 Å². The van der Waals surface area contributed by atoms with Gasteiger partial charge in [-0.15, -0.1) is 11.3 Å². The molecule has 0 bridgehead atoms. The maximum Gasteiger partial charge on any atom is 0.161 e. The zero-order chi connectivity index (χ0) is 35.1. The number of rotatable bonds is 6. The summed E-state index contributed by atoms with van der Waals surface area (Å²) in [6, 6.07) is 69.2. The van der Waals surface area contributed by atoms with Crippen LogP contribution in [-0.2, 0) is 0 Å². The van der Waals surface area contributed by atoms with Gasteiger partial charge in [0.05, 0.1) is 11.4 Å². The lowest BCUT2D eigenvalue weighted by atomic mass is 9.93. The molecule has 0 saturated heterocycles. The van der Waals surface area contributed by atoms with Gasteiger partial charge in [-0.05, 0) is 74.5 Å². The van der Waals surface area contributed by atoms with E-state index in [-0.39, 0.29) is 0 Å². The Morgan fingerprint density at radius 3 is 1.64 bits per heavy atom. The van der Waals surface area contributed by atoms with Crippen LogP contribution in [0.3, 0.4) is 0 Å². The molecular formula is C50H32N2S. The SMILES string of the molecule is c1ccc(-c2ccc(-c3cc(-c4cc(-c5ccccc5)nc(-c5cccc6ccccc56)n4)cc(-c4cccc5c4sc4ccccc45)c3)cc2)cc1. The van der Waals surface area contributed by atoms with Gasteiger partial charge in [-0.3, -0.25) is 0 Å². The van der Waals surface area contributed by atoms with Crippen LogP contribution in [0, 0.1) is 0 Å². The molecule has 53 heavy (non-hydrogen) atoms. The maximum absolute atomic E-state index is 5.36. The van der Waals surface area contributed by atoms with Crippen molar-refractivity contribution in [3.63, 3.8) is 0 Å². The number of nitrogens with zero attached hydrogens (tertiary/aromatic N) is 2. The summed E-state index contributed by atoms with van der Waals surface area (Å²) in [7, 11) is 0. The van der Waals surface area contributed by atoms with Gasteiger partial charge in [-0.2, -0.15) is 0 Å². The van der Waals surface area contributed by atoms with E-state index >= 15 is 0 Å². The van der Waals surface area contributed by atoms with Crippen LogP contribution in [0.25, 0.3) is 98.2 Å². The minimum atomic E-state index is 0.712. The molecule has 248 valence electrons. The van der Waals surface area contributed by atoms with Gasteiger partial charge in [0.2, 0.25) is 0 Å². The Hall–Kier alpha value is -6.68. The third kappa shape index (κ3) is 5.78. The lowest BCUT2D eigenvalue weighted by Gasteiger charge is -2.14. The van der Waals surface area contributed by atoms with Gasteiger partial charge in [0, 0.05) is 36.9 Å². The molecule has 3 heteroatoms. The Labute approximate surface area is 312 Å². The van der Waals surface area contributed by atoms with Crippen molar-refractivity contribution in [3.8, 4) is 67.3 Å². The summed E-state index contributed by atoms with van der Waals surface area (Å²) < 4.78 is 2.59. The highest BCUT2D eigenvalue weighted by Gasteiger charge is 2.17. The summed E-state index contributed by atoms with van der Waals surface area (Å²) in [5.74, 6) is 0.712. The molecule has 2 aromatic heterocycles. The first-order chi connectivity index (χ1) is 26.2. The van der Waals surface area contributed by atoms with Gasteiger partial charge < -0.3 is 0 Å². The lowest BCUT2D eigenvalue weighted by molar-refractivity contribution is 1.19. The van der Waals surface area contributed by atoms with E-state index in [4.69, 9.17) is 9.97 Å². The van der Waals surface area contributed by atoms with Crippen LogP contribution in [0.1, 0.15) is 0 Å². The maximum atomic E-state index is 5.36.